The van der Waals surface area contributed by atoms with Crippen LogP contribution in [0.15, 0.2) is 48.5 Å². The third-order valence-electron chi connectivity index (χ3n) is 6.33. The van der Waals surface area contributed by atoms with E-state index in [1.165, 1.54) is 17.3 Å². The number of nitro groups is 1. The van der Waals surface area contributed by atoms with Crippen LogP contribution in [-0.2, 0) is 5.41 Å². The standard InChI is InChI=1S/C24H30N3O3/c1-23(2)20-9-6-7-10-21(20)25(15-8-16-27(3,4)5)24(23)14-13-18-17-19(26(28)29)11-12-22(18)30-24/h6-7,9-14,17H,8,15-16H2,1-5H3/q+1. The van der Waals surface area contributed by atoms with E-state index in [0.717, 1.165) is 29.6 Å². The smallest absolute Gasteiger partial charge is 0.270 e. The molecule has 0 aliphatic carbocycles. The molecule has 0 fully saturated rings. The quantitative estimate of drug-likeness (QED) is 0.412. The van der Waals surface area contributed by atoms with E-state index in [9.17, 15) is 10.1 Å². The maximum Gasteiger partial charge on any atom is 0.270 e. The first-order valence-electron chi connectivity index (χ1n) is 10.4. The molecule has 30 heavy (non-hydrogen) atoms. The van der Waals surface area contributed by atoms with Gasteiger partial charge < -0.3 is 14.1 Å². The van der Waals surface area contributed by atoms with Crippen molar-refractivity contribution in [2.75, 3.05) is 39.1 Å². The summed E-state index contributed by atoms with van der Waals surface area (Å²) < 4.78 is 7.63. The van der Waals surface area contributed by atoms with Gasteiger partial charge in [0.1, 0.15) is 5.75 Å². The molecule has 4 rings (SSSR count). The SMILES string of the molecule is CC1(C)c2ccccc2N(CCC[N+](C)(C)C)C12C=Cc1cc([N+](=O)[O-])ccc1O2. The Bertz CT molecular complexity index is 1020. The minimum absolute atomic E-state index is 0.0757. The summed E-state index contributed by atoms with van der Waals surface area (Å²) in [5.74, 6) is 0.681. The number of ether oxygens (including phenoxy) is 1. The molecule has 158 valence electrons. The Morgan fingerprint density at radius 3 is 2.57 bits per heavy atom. The van der Waals surface area contributed by atoms with Crippen molar-refractivity contribution in [2.24, 2.45) is 0 Å². The number of rotatable bonds is 5. The molecule has 1 spiro atoms. The van der Waals surface area contributed by atoms with E-state index >= 15 is 0 Å². The largest absolute Gasteiger partial charge is 0.463 e. The number of hydrogen-bond acceptors (Lipinski definition) is 4. The van der Waals surface area contributed by atoms with Gasteiger partial charge in [0, 0.05) is 36.3 Å². The second kappa shape index (κ2) is 6.84. The minimum atomic E-state index is -0.676. The van der Waals surface area contributed by atoms with Crippen LogP contribution in [0.1, 0.15) is 31.4 Å². The third-order valence-corrected chi connectivity index (χ3v) is 6.33. The number of quaternary nitrogens is 1. The van der Waals surface area contributed by atoms with Gasteiger partial charge in [-0.15, -0.1) is 0 Å². The number of fused-ring (bicyclic) bond motifs is 2. The second-order valence-electron chi connectivity index (χ2n) is 9.77. The highest BCUT2D eigenvalue weighted by atomic mass is 16.6. The molecule has 1 atom stereocenters. The Morgan fingerprint density at radius 1 is 1.13 bits per heavy atom. The number of nitrogens with zero attached hydrogens (tertiary/aromatic N) is 3. The predicted octanol–water partition coefficient (Wildman–Crippen LogP) is 4.59. The lowest BCUT2D eigenvalue weighted by Crippen LogP contribution is -2.60. The van der Waals surface area contributed by atoms with Crippen molar-refractivity contribution < 1.29 is 14.1 Å². The number of anilines is 1. The number of benzene rings is 2. The van der Waals surface area contributed by atoms with Gasteiger partial charge in [-0.1, -0.05) is 18.2 Å². The first kappa shape index (κ1) is 20.4. The van der Waals surface area contributed by atoms with Crippen LogP contribution in [0.4, 0.5) is 11.4 Å². The highest BCUT2D eigenvalue weighted by Gasteiger charge is 2.58. The van der Waals surface area contributed by atoms with E-state index < -0.39 is 5.72 Å². The Morgan fingerprint density at radius 2 is 1.87 bits per heavy atom. The lowest BCUT2D eigenvalue weighted by Gasteiger charge is -2.47. The zero-order valence-corrected chi connectivity index (χ0v) is 18.4. The summed E-state index contributed by atoms with van der Waals surface area (Å²) in [5, 5.41) is 11.2. The van der Waals surface area contributed by atoms with E-state index in [1.807, 2.05) is 6.08 Å². The van der Waals surface area contributed by atoms with Gasteiger partial charge in [-0.2, -0.15) is 0 Å². The fourth-order valence-corrected chi connectivity index (χ4v) is 4.69. The van der Waals surface area contributed by atoms with E-state index in [0.29, 0.717) is 5.75 Å². The van der Waals surface area contributed by atoms with E-state index in [1.54, 1.807) is 12.1 Å². The maximum atomic E-state index is 11.2. The predicted molar refractivity (Wildman–Crippen MR) is 120 cm³/mol. The molecule has 0 saturated carbocycles. The maximum absolute atomic E-state index is 11.2. The zero-order valence-electron chi connectivity index (χ0n) is 18.4. The number of para-hydroxylation sites is 1. The van der Waals surface area contributed by atoms with Crippen LogP contribution in [0.25, 0.3) is 6.08 Å². The van der Waals surface area contributed by atoms with Crippen LogP contribution < -0.4 is 9.64 Å². The van der Waals surface area contributed by atoms with Crippen molar-refractivity contribution in [2.45, 2.75) is 31.4 Å². The Kier molecular flexibility index (Phi) is 4.66. The Balaban J connectivity index is 1.76. The second-order valence-corrected chi connectivity index (χ2v) is 9.77. The van der Waals surface area contributed by atoms with Crippen molar-refractivity contribution in [3.63, 3.8) is 0 Å². The van der Waals surface area contributed by atoms with Gasteiger partial charge in [-0.3, -0.25) is 10.1 Å². The number of non-ortho nitro benzene ring substituents is 1. The normalized spacial score (nSPS) is 21.3. The monoisotopic (exact) mass is 408 g/mol. The zero-order chi connectivity index (χ0) is 21.7. The molecule has 2 aromatic rings. The number of hydrogen-bond donors (Lipinski definition) is 0. The van der Waals surface area contributed by atoms with E-state index in [2.05, 4.69) is 70.2 Å². The van der Waals surface area contributed by atoms with Crippen LogP contribution in [0, 0.1) is 10.1 Å². The van der Waals surface area contributed by atoms with Crippen LogP contribution in [0.3, 0.4) is 0 Å². The lowest BCUT2D eigenvalue weighted by atomic mass is 9.76. The summed E-state index contributed by atoms with van der Waals surface area (Å²) >= 11 is 0. The fourth-order valence-electron chi connectivity index (χ4n) is 4.69. The van der Waals surface area contributed by atoms with Crippen molar-refractivity contribution in [3.8, 4) is 5.75 Å². The summed E-state index contributed by atoms with van der Waals surface area (Å²) in [6, 6.07) is 13.3. The third kappa shape index (κ3) is 3.16. The fraction of sp³-hybridized carbons (Fsp3) is 0.417. The lowest BCUT2D eigenvalue weighted by molar-refractivity contribution is -0.870. The molecule has 0 bridgehead atoms. The van der Waals surface area contributed by atoms with Gasteiger partial charge in [-0.05, 0) is 43.7 Å². The Labute approximate surface area is 178 Å². The molecule has 1 unspecified atom stereocenters. The average Bonchev–Trinajstić information content (AvgIpc) is 2.85. The molecule has 0 saturated heterocycles. The van der Waals surface area contributed by atoms with Gasteiger partial charge in [0.15, 0.2) is 0 Å². The van der Waals surface area contributed by atoms with Gasteiger partial charge in [0.25, 0.3) is 5.69 Å². The van der Waals surface area contributed by atoms with Gasteiger partial charge >= 0.3 is 0 Å². The molecule has 0 radical (unpaired) electrons. The molecule has 0 N–H and O–H groups in total. The first-order chi connectivity index (χ1) is 14.1. The van der Waals surface area contributed by atoms with Crippen LogP contribution in [0.5, 0.6) is 5.75 Å². The van der Waals surface area contributed by atoms with Crippen molar-refractivity contribution >= 4 is 17.5 Å². The minimum Gasteiger partial charge on any atom is -0.463 e. The summed E-state index contributed by atoms with van der Waals surface area (Å²) in [6.45, 7) is 6.35. The van der Waals surface area contributed by atoms with E-state index in [-0.39, 0.29) is 16.0 Å². The van der Waals surface area contributed by atoms with Gasteiger partial charge in [0.05, 0.1) is 38.0 Å². The Hall–Kier alpha value is -2.86. The molecule has 2 aliphatic rings. The highest BCUT2D eigenvalue weighted by molar-refractivity contribution is 5.73. The average molecular weight is 409 g/mol. The van der Waals surface area contributed by atoms with Crippen LogP contribution in [0.2, 0.25) is 0 Å². The van der Waals surface area contributed by atoms with Crippen LogP contribution >= 0.6 is 0 Å². The summed E-state index contributed by atoms with van der Waals surface area (Å²) in [5.41, 5.74) is 2.30. The molecule has 0 amide bonds. The van der Waals surface area contributed by atoms with E-state index in [4.69, 9.17) is 4.74 Å². The summed E-state index contributed by atoms with van der Waals surface area (Å²) in [4.78, 5) is 13.2. The molecular formula is C24H30N3O3+. The van der Waals surface area contributed by atoms with Crippen LogP contribution in [-0.4, -0.2) is 49.4 Å². The van der Waals surface area contributed by atoms with Crippen molar-refractivity contribution in [1.29, 1.82) is 0 Å². The van der Waals surface area contributed by atoms with Gasteiger partial charge in [-0.25, -0.2) is 0 Å². The molecule has 2 heterocycles. The summed E-state index contributed by atoms with van der Waals surface area (Å²) in [6.07, 6.45) is 5.09. The van der Waals surface area contributed by atoms with Crippen molar-refractivity contribution in [3.05, 3.63) is 69.8 Å². The molecule has 2 aromatic carbocycles. The number of nitro benzene ring substituents is 1. The topological polar surface area (TPSA) is 55.6 Å². The summed E-state index contributed by atoms with van der Waals surface area (Å²) in [7, 11) is 6.62. The molecular weight excluding hydrogens is 378 g/mol. The molecule has 6 heteroatoms. The molecule has 2 aliphatic heterocycles. The molecule has 6 nitrogen and oxygen atoms in total. The highest BCUT2D eigenvalue weighted by Crippen LogP contribution is 2.55. The molecule has 0 aromatic heterocycles. The first-order valence-corrected chi connectivity index (χ1v) is 10.4. The van der Waals surface area contributed by atoms with Gasteiger partial charge in [0.2, 0.25) is 5.72 Å². The van der Waals surface area contributed by atoms with Crippen molar-refractivity contribution in [1.82, 2.24) is 0 Å².